The Bertz CT molecular complexity index is 604. The first kappa shape index (κ1) is 14.8. The number of nitrogen functional groups attached to an aromatic ring is 1. The average Bonchev–Trinajstić information content (AvgIpc) is 2.91. The van der Waals surface area contributed by atoms with E-state index in [0.29, 0.717) is 13.1 Å². The maximum atomic E-state index is 12.3. The summed E-state index contributed by atoms with van der Waals surface area (Å²) in [6.45, 7) is 3.02. The summed E-state index contributed by atoms with van der Waals surface area (Å²) in [5.41, 5.74) is 7.61. The second kappa shape index (κ2) is 6.25. The number of carbonyl (C=O) groups is 1. The second-order valence-electron chi connectivity index (χ2n) is 4.92. The van der Waals surface area contributed by atoms with Crippen LogP contribution in [0.1, 0.15) is 23.1 Å². The number of carbonyl (C=O) groups excluding carboxylic acids is 1. The van der Waals surface area contributed by atoms with Gasteiger partial charge in [-0.3, -0.25) is 9.89 Å². The monoisotopic (exact) mass is 288 g/mol. The Labute approximate surface area is 123 Å². The lowest BCUT2D eigenvalue weighted by Gasteiger charge is -2.20. The Hall–Kier alpha value is -2.57. The number of amides is 1. The van der Waals surface area contributed by atoms with Gasteiger partial charge in [0.1, 0.15) is 0 Å². The van der Waals surface area contributed by atoms with E-state index in [9.17, 15) is 4.79 Å². The number of nitrogens with zero attached hydrogens (tertiary/aromatic N) is 4. The highest BCUT2D eigenvalue weighted by Crippen LogP contribution is 2.14. The summed E-state index contributed by atoms with van der Waals surface area (Å²) in [5, 5.41) is 6.23. The van der Waals surface area contributed by atoms with Crippen LogP contribution >= 0.6 is 0 Å². The van der Waals surface area contributed by atoms with Gasteiger partial charge in [-0.15, -0.1) is 5.10 Å². The highest BCUT2D eigenvalue weighted by molar-refractivity contribution is 5.90. The predicted molar refractivity (Wildman–Crippen MR) is 82.0 cm³/mol. The van der Waals surface area contributed by atoms with E-state index in [-0.39, 0.29) is 17.7 Å². The molecule has 1 aromatic carbocycles. The van der Waals surface area contributed by atoms with Gasteiger partial charge in [0.25, 0.3) is 5.91 Å². The number of nitrogens with two attached hydrogens (primary N) is 1. The number of hydrogen-bond acceptors (Lipinski definition) is 5. The molecular weight excluding hydrogens is 268 g/mol. The Morgan fingerprint density at radius 2 is 1.95 bits per heavy atom. The van der Waals surface area contributed by atoms with Gasteiger partial charge in [0.2, 0.25) is 11.8 Å². The van der Waals surface area contributed by atoms with E-state index in [1.54, 1.807) is 4.90 Å². The van der Waals surface area contributed by atoms with Crippen molar-refractivity contribution >= 4 is 17.5 Å². The van der Waals surface area contributed by atoms with Gasteiger partial charge < -0.3 is 15.5 Å². The van der Waals surface area contributed by atoms with E-state index in [2.05, 4.69) is 15.2 Å². The lowest BCUT2D eigenvalue weighted by atomic mass is 10.2. The molecule has 0 unspecified atom stereocenters. The number of hydrogen-bond donors (Lipinski definition) is 2. The topological polar surface area (TPSA) is 91.1 Å². The predicted octanol–water partition coefficient (Wildman–Crippen LogP) is 1.12. The van der Waals surface area contributed by atoms with E-state index in [1.807, 2.05) is 50.2 Å². The number of aromatic nitrogens is 3. The molecule has 0 radical (unpaired) electrons. The average molecular weight is 288 g/mol. The third-order valence-corrected chi connectivity index (χ3v) is 3.20. The van der Waals surface area contributed by atoms with Gasteiger partial charge in [-0.05, 0) is 24.6 Å². The molecule has 0 aliphatic rings. The fraction of sp³-hybridized carbons (Fsp3) is 0.357. The van der Waals surface area contributed by atoms with Crippen molar-refractivity contribution in [2.75, 3.05) is 31.3 Å². The quantitative estimate of drug-likeness (QED) is 0.860. The fourth-order valence-electron chi connectivity index (χ4n) is 1.97. The molecule has 0 aliphatic carbocycles. The van der Waals surface area contributed by atoms with Crippen molar-refractivity contribution in [1.82, 2.24) is 20.1 Å². The molecule has 21 heavy (non-hydrogen) atoms. The van der Waals surface area contributed by atoms with Crippen LogP contribution in [0.15, 0.2) is 24.3 Å². The molecular formula is C14H20N6O. The Kier molecular flexibility index (Phi) is 4.42. The molecule has 0 spiro atoms. The van der Waals surface area contributed by atoms with Crippen LogP contribution in [-0.4, -0.2) is 46.6 Å². The molecule has 7 nitrogen and oxygen atoms in total. The van der Waals surface area contributed by atoms with E-state index >= 15 is 0 Å². The van der Waals surface area contributed by atoms with Gasteiger partial charge in [0, 0.05) is 32.9 Å². The molecule has 0 saturated heterocycles. The van der Waals surface area contributed by atoms with Gasteiger partial charge in [-0.1, -0.05) is 12.1 Å². The minimum Gasteiger partial charge on any atom is -0.378 e. The maximum absolute atomic E-state index is 12.3. The summed E-state index contributed by atoms with van der Waals surface area (Å²) in [7, 11) is 3.98. The Balaban J connectivity index is 2.10. The van der Waals surface area contributed by atoms with E-state index < -0.39 is 0 Å². The van der Waals surface area contributed by atoms with Crippen molar-refractivity contribution in [2.45, 2.75) is 13.5 Å². The van der Waals surface area contributed by atoms with Crippen molar-refractivity contribution in [3.8, 4) is 0 Å². The molecule has 0 bridgehead atoms. The zero-order valence-corrected chi connectivity index (χ0v) is 12.5. The van der Waals surface area contributed by atoms with Crippen LogP contribution in [0, 0.1) is 0 Å². The highest BCUT2D eigenvalue weighted by Gasteiger charge is 2.18. The minimum atomic E-state index is -0.210. The maximum Gasteiger partial charge on any atom is 0.291 e. The first-order chi connectivity index (χ1) is 10.0. The van der Waals surface area contributed by atoms with E-state index in [0.717, 1.165) is 11.3 Å². The molecule has 1 aromatic heterocycles. The summed E-state index contributed by atoms with van der Waals surface area (Å²) < 4.78 is 0. The number of aromatic amines is 1. The lowest BCUT2D eigenvalue weighted by molar-refractivity contribution is 0.0741. The van der Waals surface area contributed by atoms with Gasteiger partial charge in [-0.2, -0.15) is 4.98 Å². The van der Waals surface area contributed by atoms with Crippen molar-refractivity contribution < 1.29 is 4.79 Å². The number of rotatable bonds is 5. The number of nitrogens with one attached hydrogen (secondary N) is 1. The minimum absolute atomic E-state index is 0.0738. The Morgan fingerprint density at radius 3 is 2.43 bits per heavy atom. The molecule has 3 N–H and O–H groups in total. The van der Waals surface area contributed by atoms with Crippen LogP contribution in [0.3, 0.4) is 0 Å². The lowest BCUT2D eigenvalue weighted by Crippen LogP contribution is -2.31. The number of H-pyrrole nitrogens is 1. The molecule has 0 aliphatic heterocycles. The first-order valence-corrected chi connectivity index (χ1v) is 6.74. The van der Waals surface area contributed by atoms with Crippen LogP contribution in [0.2, 0.25) is 0 Å². The second-order valence-corrected chi connectivity index (χ2v) is 4.92. The zero-order chi connectivity index (χ0) is 15.4. The van der Waals surface area contributed by atoms with E-state index in [4.69, 9.17) is 5.73 Å². The standard InChI is InChI=1S/C14H20N6O/c1-4-20(13(21)12-16-14(15)18-17-12)9-10-5-7-11(8-6-10)19(2)3/h5-8H,4,9H2,1-3H3,(H3,15,16,17,18). The van der Waals surface area contributed by atoms with Crippen molar-refractivity contribution in [1.29, 1.82) is 0 Å². The SMILES string of the molecule is CCN(Cc1ccc(N(C)C)cc1)C(=O)c1nc(N)n[nH]1. The van der Waals surface area contributed by atoms with Crippen molar-refractivity contribution in [3.63, 3.8) is 0 Å². The van der Waals surface area contributed by atoms with Crippen LogP contribution < -0.4 is 10.6 Å². The summed E-state index contributed by atoms with van der Waals surface area (Å²) >= 11 is 0. The summed E-state index contributed by atoms with van der Waals surface area (Å²) in [6, 6.07) is 8.08. The third kappa shape index (κ3) is 3.50. The molecule has 2 rings (SSSR count). The van der Waals surface area contributed by atoms with Gasteiger partial charge in [0.05, 0.1) is 0 Å². The Morgan fingerprint density at radius 1 is 1.29 bits per heavy atom. The molecule has 0 fully saturated rings. The van der Waals surface area contributed by atoms with Crippen molar-refractivity contribution in [3.05, 3.63) is 35.7 Å². The smallest absolute Gasteiger partial charge is 0.291 e. The van der Waals surface area contributed by atoms with Crippen LogP contribution in [0.25, 0.3) is 0 Å². The summed E-state index contributed by atoms with van der Waals surface area (Å²) in [5.74, 6) is 0.0300. The van der Waals surface area contributed by atoms with Crippen LogP contribution in [-0.2, 0) is 6.54 Å². The molecule has 1 heterocycles. The molecule has 112 valence electrons. The molecule has 1 amide bonds. The number of benzene rings is 1. The highest BCUT2D eigenvalue weighted by atomic mass is 16.2. The van der Waals surface area contributed by atoms with Gasteiger partial charge in [0.15, 0.2) is 0 Å². The normalized spacial score (nSPS) is 10.4. The van der Waals surface area contributed by atoms with E-state index in [1.165, 1.54) is 0 Å². The molecule has 0 atom stereocenters. The summed E-state index contributed by atoms with van der Waals surface area (Å²) in [4.78, 5) is 19.9. The van der Waals surface area contributed by atoms with Gasteiger partial charge in [-0.25, -0.2) is 0 Å². The largest absolute Gasteiger partial charge is 0.378 e. The number of anilines is 2. The molecule has 0 saturated carbocycles. The van der Waals surface area contributed by atoms with Crippen LogP contribution in [0.4, 0.5) is 11.6 Å². The van der Waals surface area contributed by atoms with Crippen molar-refractivity contribution in [2.24, 2.45) is 0 Å². The van der Waals surface area contributed by atoms with Crippen LogP contribution in [0.5, 0.6) is 0 Å². The fourth-order valence-corrected chi connectivity index (χ4v) is 1.97. The third-order valence-electron chi connectivity index (χ3n) is 3.20. The molecule has 7 heteroatoms. The first-order valence-electron chi connectivity index (χ1n) is 6.74. The molecule has 2 aromatic rings. The summed E-state index contributed by atoms with van der Waals surface area (Å²) in [6.07, 6.45) is 0. The zero-order valence-electron chi connectivity index (χ0n) is 12.5. The van der Waals surface area contributed by atoms with Gasteiger partial charge >= 0.3 is 0 Å².